The molecule has 0 saturated carbocycles. The van der Waals surface area contributed by atoms with E-state index in [1.165, 1.54) is 32.2 Å². The third-order valence-corrected chi connectivity index (χ3v) is 2.92. The minimum atomic E-state index is -0.874. The first-order valence-corrected chi connectivity index (χ1v) is 6.48. The van der Waals surface area contributed by atoms with E-state index in [1.807, 2.05) is 0 Å². The van der Waals surface area contributed by atoms with Crippen LogP contribution in [-0.4, -0.2) is 23.0 Å². The third-order valence-electron chi connectivity index (χ3n) is 2.92. The van der Waals surface area contributed by atoms with Crippen LogP contribution in [0.15, 0.2) is 34.8 Å². The van der Waals surface area contributed by atoms with Gasteiger partial charge in [-0.05, 0) is 30.7 Å². The standard InChI is InChI=1S/C15H13F2N3O3/c1-8(5-9-3-4-12(23-2)10(16)6-9)14(21)19-13-11(17)7-18-15(22)20-13/h3-7H,1-2H3,(H2,18,19,20,21,22). The van der Waals surface area contributed by atoms with E-state index in [0.29, 0.717) is 11.8 Å². The lowest BCUT2D eigenvalue weighted by molar-refractivity contribution is -0.112. The first kappa shape index (κ1) is 16.3. The summed E-state index contributed by atoms with van der Waals surface area (Å²) in [7, 11) is 1.34. The molecular formula is C15H13F2N3O3. The van der Waals surface area contributed by atoms with Crippen LogP contribution >= 0.6 is 0 Å². The zero-order valence-corrected chi connectivity index (χ0v) is 12.3. The molecule has 0 saturated heterocycles. The SMILES string of the molecule is COc1ccc(C=C(C)C(=O)Nc2[nH]c(=O)ncc2F)cc1F. The van der Waals surface area contributed by atoms with Gasteiger partial charge in [0.05, 0.1) is 13.3 Å². The molecule has 0 aliphatic carbocycles. The summed E-state index contributed by atoms with van der Waals surface area (Å²) >= 11 is 0. The highest BCUT2D eigenvalue weighted by Crippen LogP contribution is 2.19. The molecule has 1 amide bonds. The smallest absolute Gasteiger partial charge is 0.346 e. The first-order chi connectivity index (χ1) is 10.9. The van der Waals surface area contributed by atoms with Crippen molar-refractivity contribution < 1.29 is 18.3 Å². The summed E-state index contributed by atoms with van der Waals surface area (Å²) in [5, 5.41) is 2.21. The van der Waals surface area contributed by atoms with Crippen molar-refractivity contribution in [3.05, 3.63) is 57.7 Å². The summed E-state index contributed by atoms with van der Waals surface area (Å²) in [5.41, 5.74) is -0.174. The molecule has 0 unspecified atom stereocenters. The number of hydrogen-bond acceptors (Lipinski definition) is 4. The molecule has 0 radical (unpaired) electrons. The van der Waals surface area contributed by atoms with Gasteiger partial charge >= 0.3 is 5.69 Å². The number of benzene rings is 1. The minimum Gasteiger partial charge on any atom is -0.494 e. The summed E-state index contributed by atoms with van der Waals surface area (Å²) < 4.78 is 31.8. The number of hydrogen-bond donors (Lipinski definition) is 2. The Bertz CT molecular complexity index is 831. The van der Waals surface area contributed by atoms with Crippen LogP contribution in [0.25, 0.3) is 6.08 Å². The summed E-state index contributed by atoms with van der Waals surface area (Å²) in [6.07, 6.45) is 2.11. The monoisotopic (exact) mass is 321 g/mol. The maximum atomic E-state index is 13.6. The summed E-state index contributed by atoms with van der Waals surface area (Å²) in [5.74, 6) is -2.40. The van der Waals surface area contributed by atoms with Crippen molar-refractivity contribution in [1.29, 1.82) is 0 Å². The number of carbonyl (C=O) groups is 1. The normalized spacial score (nSPS) is 11.2. The number of ether oxygens (including phenoxy) is 1. The van der Waals surface area contributed by atoms with Gasteiger partial charge < -0.3 is 10.1 Å². The lowest BCUT2D eigenvalue weighted by atomic mass is 10.1. The molecule has 8 heteroatoms. The van der Waals surface area contributed by atoms with Crippen LogP contribution in [0.3, 0.4) is 0 Å². The number of rotatable bonds is 4. The van der Waals surface area contributed by atoms with Crippen LogP contribution < -0.4 is 15.7 Å². The molecule has 1 aromatic carbocycles. The number of aromatic amines is 1. The number of halogens is 2. The Morgan fingerprint density at radius 3 is 2.74 bits per heavy atom. The Labute approximate surface area is 129 Å². The van der Waals surface area contributed by atoms with Crippen LogP contribution in [-0.2, 0) is 4.79 Å². The molecule has 0 fully saturated rings. The molecule has 1 aromatic heterocycles. The van der Waals surface area contributed by atoms with Gasteiger partial charge in [0.15, 0.2) is 23.2 Å². The van der Waals surface area contributed by atoms with Gasteiger partial charge in [0.1, 0.15) is 0 Å². The third kappa shape index (κ3) is 4.00. The van der Waals surface area contributed by atoms with Crippen LogP contribution in [0, 0.1) is 11.6 Å². The summed E-state index contributed by atoms with van der Waals surface area (Å²) in [6, 6.07) is 4.18. The topological polar surface area (TPSA) is 84.1 Å². The molecule has 23 heavy (non-hydrogen) atoms. The second kappa shape index (κ2) is 6.82. The molecule has 2 aromatic rings. The van der Waals surface area contributed by atoms with Crippen molar-refractivity contribution in [3.63, 3.8) is 0 Å². The van der Waals surface area contributed by atoms with E-state index in [1.54, 1.807) is 6.07 Å². The predicted octanol–water partition coefficient (Wildman–Crippen LogP) is 2.10. The van der Waals surface area contributed by atoms with E-state index < -0.39 is 23.2 Å². The number of nitrogens with one attached hydrogen (secondary N) is 2. The van der Waals surface area contributed by atoms with Gasteiger partial charge in [-0.25, -0.2) is 13.6 Å². The largest absolute Gasteiger partial charge is 0.494 e. The van der Waals surface area contributed by atoms with Gasteiger partial charge in [-0.2, -0.15) is 4.98 Å². The second-order valence-corrected chi connectivity index (χ2v) is 4.59. The quantitative estimate of drug-likeness (QED) is 0.845. The molecule has 0 bridgehead atoms. The Morgan fingerprint density at radius 1 is 1.35 bits per heavy atom. The average Bonchev–Trinajstić information content (AvgIpc) is 2.51. The molecule has 0 atom stereocenters. The highest BCUT2D eigenvalue weighted by atomic mass is 19.1. The lowest BCUT2D eigenvalue weighted by Gasteiger charge is -2.06. The lowest BCUT2D eigenvalue weighted by Crippen LogP contribution is -2.20. The highest BCUT2D eigenvalue weighted by Gasteiger charge is 2.11. The number of anilines is 1. The molecule has 2 N–H and O–H groups in total. The van der Waals surface area contributed by atoms with Gasteiger partial charge in [-0.15, -0.1) is 0 Å². The van der Waals surface area contributed by atoms with E-state index >= 15 is 0 Å². The number of amides is 1. The number of H-pyrrole nitrogens is 1. The van der Waals surface area contributed by atoms with E-state index in [-0.39, 0.29) is 17.1 Å². The van der Waals surface area contributed by atoms with Crippen LogP contribution in [0.1, 0.15) is 12.5 Å². The summed E-state index contributed by atoms with van der Waals surface area (Å²) in [6.45, 7) is 1.47. The number of aromatic nitrogens is 2. The molecule has 1 heterocycles. The average molecular weight is 321 g/mol. The van der Waals surface area contributed by atoms with Crippen LogP contribution in [0.2, 0.25) is 0 Å². The molecule has 2 rings (SSSR count). The van der Waals surface area contributed by atoms with Crippen molar-refractivity contribution in [2.24, 2.45) is 0 Å². The Morgan fingerprint density at radius 2 is 2.09 bits per heavy atom. The Balaban J connectivity index is 2.20. The van der Waals surface area contributed by atoms with Gasteiger partial charge in [0.2, 0.25) is 0 Å². The van der Waals surface area contributed by atoms with Gasteiger partial charge in [0.25, 0.3) is 5.91 Å². The minimum absolute atomic E-state index is 0.0840. The highest BCUT2D eigenvalue weighted by molar-refractivity contribution is 6.05. The van der Waals surface area contributed by atoms with E-state index in [9.17, 15) is 18.4 Å². The molecule has 0 aliphatic heterocycles. The summed E-state index contributed by atoms with van der Waals surface area (Å²) in [4.78, 5) is 28.3. The first-order valence-electron chi connectivity index (χ1n) is 6.48. The zero-order valence-electron chi connectivity index (χ0n) is 12.3. The maximum Gasteiger partial charge on any atom is 0.346 e. The van der Waals surface area contributed by atoms with Crippen molar-refractivity contribution in [2.75, 3.05) is 12.4 Å². The number of nitrogens with zero attached hydrogens (tertiary/aromatic N) is 1. The van der Waals surface area contributed by atoms with Gasteiger partial charge in [0, 0.05) is 5.57 Å². The van der Waals surface area contributed by atoms with Crippen molar-refractivity contribution in [1.82, 2.24) is 9.97 Å². The van der Waals surface area contributed by atoms with Crippen molar-refractivity contribution >= 4 is 17.8 Å². The Kier molecular flexibility index (Phi) is 4.85. The fraction of sp³-hybridized carbons (Fsp3) is 0.133. The fourth-order valence-electron chi connectivity index (χ4n) is 1.77. The van der Waals surface area contributed by atoms with Gasteiger partial charge in [-0.3, -0.25) is 9.78 Å². The van der Waals surface area contributed by atoms with E-state index in [2.05, 4.69) is 15.3 Å². The molecule has 0 spiro atoms. The van der Waals surface area contributed by atoms with Gasteiger partial charge in [-0.1, -0.05) is 6.07 Å². The van der Waals surface area contributed by atoms with Crippen LogP contribution in [0.5, 0.6) is 5.75 Å². The number of carbonyl (C=O) groups excluding carboxylic acids is 1. The fourth-order valence-corrected chi connectivity index (χ4v) is 1.77. The number of methoxy groups -OCH3 is 1. The van der Waals surface area contributed by atoms with Crippen molar-refractivity contribution in [3.8, 4) is 5.75 Å². The van der Waals surface area contributed by atoms with Crippen LogP contribution in [0.4, 0.5) is 14.6 Å². The van der Waals surface area contributed by atoms with E-state index in [0.717, 1.165) is 0 Å². The second-order valence-electron chi connectivity index (χ2n) is 4.59. The molecule has 120 valence electrons. The predicted molar refractivity (Wildman–Crippen MR) is 80.0 cm³/mol. The molecule has 6 nitrogen and oxygen atoms in total. The molecular weight excluding hydrogens is 308 g/mol. The maximum absolute atomic E-state index is 13.6. The Hall–Kier alpha value is -3.03. The van der Waals surface area contributed by atoms with Crippen molar-refractivity contribution in [2.45, 2.75) is 6.92 Å². The molecule has 0 aliphatic rings. The zero-order chi connectivity index (χ0) is 17.0. The van der Waals surface area contributed by atoms with E-state index in [4.69, 9.17) is 4.74 Å².